The number of hydrogen-bond donors (Lipinski definition) is 2. The molecule has 6 nitrogen and oxygen atoms in total. The zero-order valence-electron chi connectivity index (χ0n) is 12.8. The van der Waals surface area contributed by atoms with Crippen molar-refractivity contribution in [3.05, 3.63) is 24.2 Å². The Morgan fingerprint density at radius 2 is 2.10 bits per heavy atom. The number of halogens is 1. The molecule has 0 aliphatic carbocycles. The summed E-state index contributed by atoms with van der Waals surface area (Å²) in [5.41, 5.74) is 0. The van der Waals surface area contributed by atoms with Gasteiger partial charge < -0.3 is 24.5 Å². The van der Waals surface area contributed by atoms with Gasteiger partial charge in [0, 0.05) is 33.2 Å². The molecule has 0 saturated carbocycles. The molecule has 1 heterocycles. The fourth-order valence-electron chi connectivity index (χ4n) is 1.57. The van der Waals surface area contributed by atoms with Crippen molar-refractivity contribution >= 4 is 29.9 Å². The van der Waals surface area contributed by atoms with Crippen LogP contribution in [-0.4, -0.2) is 52.5 Å². The lowest BCUT2D eigenvalue weighted by Crippen LogP contribution is -2.40. The Morgan fingerprint density at radius 3 is 2.76 bits per heavy atom. The Morgan fingerprint density at radius 1 is 1.29 bits per heavy atom. The minimum absolute atomic E-state index is 0. The fraction of sp³-hybridized carbons (Fsp3) is 0.643. The van der Waals surface area contributed by atoms with E-state index in [1.165, 1.54) is 0 Å². The molecule has 0 unspecified atom stereocenters. The van der Waals surface area contributed by atoms with Crippen molar-refractivity contribution in [1.82, 2.24) is 10.6 Å². The lowest BCUT2D eigenvalue weighted by atomic mass is 10.3. The van der Waals surface area contributed by atoms with E-state index in [2.05, 4.69) is 15.6 Å². The largest absolute Gasteiger partial charge is 0.469 e. The van der Waals surface area contributed by atoms with E-state index >= 15 is 0 Å². The van der Waals surface area contributed by atoms with E-state index in [-0.39, 0.29) is 24.0 Å². The summed E-state index contributed by atoms with van der Waals surface area (Å²) in [5, 5.41) is 6.47. The third-order valence-electron chi connectivity index (χ3n) is 2.55. The molecule has 0 amide bonds. The van der Waals surface area contributed by atoms with E-state index in [1.54, 1.807) is 13.4 Å². The van der Waals surface area contributed by atoms with Gasteiger partial charge in [0.25, 0.3) is 0 Å². The smallest absolute Gasteiger partial charge is 0.191 e. The van der Waals surface area contributed by atoms with Crippen molar-refractivity contribution in [1.29, 1.82) is 0 Å². The predicted octanol–water partition coefficient (Wildman–Crippen LogP) is 1.66. The summed E-state index contributed by atoms with van der Waals surface area (Å²) >= 11 is 0. The van der Waals surface area contributed by atoms with E-state index in [0.29, 0.717) is 26.4 Å². The number of furan rings is 1. The molecule has 0 bridgehead atoms. The molecule has 0 aliphatic heterocycles. The van der Waals surface area contributed by atoms with Gasteiger partial charge in [0.1, 0.15) is 5.76 Å². The average Bonchev–Trinajstić information content (AvgIpc) is 2.96. The normalized spacial score (nSPS) is 11.0. The molecule has 0 fully saturated rings. The second-order valence-corrected chi connectivity index (χ2v) is 4.10. The van der Waals surface area contributed by atoms with Crippen molar-refractivity contribution in [2.75, 3.05) is 46.6 Å². The second kappa shape index (κ2) is 14.2. The summed E-state index contributed by atoms with van der Waals surface area (Å²) in [6.45, 7) is 6.09. The first-order valence-corrected chi connectivity index (χ1v) is 6.98. The number of ether oxygens (including phenoxy) is 2. The lowest BCUT2D eigenvalue weighted by molar-refractivity contribution is 0.155. The van der Waals surface area contributed by atoms with Crippen LogP contribution in [0.25, 0.3) is 0 Å². The van der Waals surface area contributed by atoms with E-state index in [1.807, 2.05) is 19.1 Å². The molecule has 0 radical (unpaired) electrons. The number of rotatable bonds is 10. The van der Waals surface area contributed by atoms with Crippen LogP contribution in [0.15, 0.2) is 27.8 Å². The van der Waals surface area contributed by atoms with Crippen LogP contribution in [0.4, 0.5) is 0 Å². The van der Waals surface area contributed by atoms with E-state index < -0.39 is 0 Å². The monoisotopic (exact) mass is 411 g/mol. The molecule has 0 aromatic carbocycles. The van der Waals surface area contributed by atoms with Gasteiger partial charge in [-0.1, -0.05) is 0 Å². The highest BCUT2D eigenvalue weighted by molar-refractivity contribution is 14.0. The Balaban J connectivity index is 0.00000400. The zero-order valence-corrected chi connectivity index (χ0v) is 15.1. The molecule has 2 N–H and O–H groups in total. The molecule has 0 aliphatic rings. The maximum absolute atomic E-state index is 5.29. The van der Waals surface area contributed by atoms with Crippen LogP contribution in [0.5, 0.6) is 0 Å². The predicted molar refractivity (Wildman–Crippen MR) is 94.5 cm³/mol. The minimum atomic E-state index is 0. The molecule has 0 spiro atoms. The third kappa shape index (κ3) is 10.6. The van der Waals surface area contributed by atoms with Crippen molar-refractivity contribution in [3.63, 3.8) is 0 Å². The summed E-state index contributed by atoms with van der Waals surface area (Å²) in [7, 11) is 1.68. The highest BCUT2D eigenvalue weighted by Crippen LogP contribution is 1.99. The maximum atomic E-state index is 5.29. The molecule has 7 heteroatoms. The van der Waals surface area contributed by atoms with Crippen LogP contribution in [0.2, 0.25) is 0 Å². The van der Waals surface area contributed by atoms with Crippen LogP contribution in [0.3, 0.4) is 0 Å². The van der Waals surface area contributed by atoms with Crippen LogP contribution in [-0.2, 0) is 15.9 Å². The van der Waals surface area contributed by atoms with E-state index in [4.69, 9.17) is 13.9 Å². The molecule has 0 saturated heterocycles. The molecule has 21 heavy (non-hydrogen) atoms. The Labute approximate surface area is 143 Å². The number of nitrogens with one attached hydrogen (secondary N) is 2. The van der Waals surface area contributed by atoms with Crippen LogP contribution >= 0.6 is 24.0 Å². The van der Waals surface area contributed by atoms with Crippen LogP contribution < -0.4 is 10.6 Å². The topological polar surface area (TPSA) is 68.0 Å². The Hall–Kier alpha value is -0.800. The number of nitrogens with zero attached hydrogens (tertiary/aromatic N) is 1. The number of methoxy groups -OCH3 is 1. The molecule has 0 atom stereocenters. The quantitative estimate of drug-likeness (QED) is 0.265. The van der Waals surface area contributed by atoms with Gasteiger partial charge in [0.2, 0.25) is 0 Å². The maximum Gasteiger partial charge on any atom is 0.191 e. The Kier molecular flexibility index (Phi) is 13.6. The van der Waals surface area contributed by atoms with Crippen molar-refractivity contribution in [2.45, 2.75) is 13.3 Å². The molecule has 1 aromatic heterocycles. The molecular weight excluding hydrogens is 385 g/mol. The summed E-state index contributed by atoms with van der Waals surface area (Å²) in [4.78, 5) is 4.44. The standard InChI is InChI=1S/C14H25N3O3.HI/c1-3-19-12-9-17-14(16-8-11-18-2)15-7-6-13-5-4-10-20-13;/h4-5,10H,3,6-9,11-12H2,1-2H3,(H2,15,16,17);1H. The molecule has 1 aromatic rings. The average molecular weight is 411 g/mol. The highest BCUT2D eigenvalue weighted by Gasteiger charge is 1.99. The SMILES string of the molecule is CCOCCN=C(NCCOC)NCCc1ccco1.I. The first-order valence-electron chi connectivity index (χ1n) is 6.98. The van der Waals surface area contributed by atoms with Gasteiger partial charge in [-0.3, -0.25) is 4.99 Å². The molecule has 1 rings (SSSR count). The van der Waals surface area contributed by atoms with Crippen molar-refractivity contribution in [3.8, 4) is 0 Å². The van der Waals surface area contributed by atoms with E-state index in [9.17, 15) is 0 Å². The van der Waals surface area contributed by atoms with Crippen molar-refractivity contribution < 1.29 is 13.9 Å². The first-order chi connectivity index (χ1) is 9.86. The number of guanidine groups is 1. The van der Waals surface area contributed by atoms with Gasteiger partial charge in [-0.25, -0.2) is 0 Å². The molecular formula is C14H26IN3O3. The van der Waals surface area contributed by atoms with Crippen molar-refractivity contribution in [2.24, 2.45) is 4.99 Å². The number of aliphatic imine (C=N–C) groups is 1. The van der Waals surface area contributed by atoms with Gasteiger partial charge in [-0.15, -0.1) is 24.0 Å². The second-order valence-electron chi connectivity index (χ2n) is 4.10. The van der Waals surface area contributed by atoms with Gasteiger partial charge in [0.15, 0.2) is 5.96 Å². The number of hydrogen-bond acceptors (Lipinski definition) is 4. The van der Waals surface area contributed by atoms with Gasteiger partial charge >= 0.3 is 0 Å². The summed E-state index contributed by atoms with van der Waals surface area (Å²) < 4.78 is 15.6. The first kappa shape index (κ1) is 20.2. The van der Waals surface area contributed by atoms with Crippen LogP contribution in [0, 0.1) is 0 Å². The van der Waals surface area contributed by atoms with E-state index in [0.717, 1.165) is 31.2 Å². The fourth-order valence-corrected chi connectivity index (χ4v) is 1.57. The van der Waals surface area contributed by atoms with Gasteiger partial charge in [-0.05, 0) is 19.1 Å². The minimum Gasteiger partial charge on any atom is -0.469 e. The summed E-state index contributed by atoms with van der Waals surface area (Å²) in [6, 6.07) is 3.86. The Bertz CT molecular complexity index is 358. The lowest BCUT2D eigenvalue weighted by Gasteiger charge is -2.12. The highest BCUT2D eigenvalue weighted by atomic mass is 127. The third-order valence-corrected chi connectivity index (χ3v) is 2.55. The van der Waals surface area contributed by atoms with Gasteiger partial charge in [-0.2, -0.15) is 0 Å². The summed E-state index contributed by atoms with van der Waals surface area (Å²) in [5.74, 6) is 1.73. The molecule has 122 valence electrons. The van der Waals surface area contributed by atoms with Gasteiger partial charge in [0.05, 0.1) is 26.0 Å². The zero-order chi connectivity index (χ0) is 14.5. The summed E-state index contributed by atoms with van der Waals surface area (Å²) in [6.07, 6.45) is 2.51. The van der Waals surface area contributed by atoms with Crippen LogP contribution in [0.1, 0.15) is 12.7 Å².